The number of amides is 1. The number of carbonyl (C=O) groups is 2. The zero-order valence-electron chi connectivity index (χ0n) is 32.6. The molecule has 2 spiro atoms. The molecule has 11 atom stereocenters. The Bertz CT molecular complexity index is 1770. The van der Waals surface area contributed by atoms with Gasteiger partial charge in [-0.1, -0.05) is 120 Å². The van der Waals surface area contributed by atoms with Crippen molar-refractivity contribution in [3.05, 3.63) is 95.6 Å². The van der Waals surface area contributed by atoms with E-state index in [1.807, 2.05) is 60.7 Å². The molecule has 0 radical (unpaired) electrons. The van der Waals surface area contributed by atoms with E-state index in [-0.39, 0.29) is 47.2 Å². The number of hydrogen-bond donors (Lipinski definition) is 2. The predicted octanol–water partition coefficient (Wildman–Crippen LogP) is 9.56. The van der Waals surface area contributed by atoms with E-state index in [1.165, 1.54) is 0 Å². The number of aliphatic hydroxyl groups is 2. The lowest BCUT2D eigenvalue weighted by Gasteiger charge is -2.71. The Labute approximate surface area is 317 Å². The van der Waals surface area contributed by atoms with E-state index >= 15 is 0 Å². The zero-order chi connectivity index (χ0) is 37.4. The second-order valence-electron chi connectivity index (χ2n) is 19.1. The number of Topliss-reactive ketones (excluding diaryl/α,β-unsaturated/α-hetero) is 1. The summed E-state index contributed by atoms with van der Waals surface area (Å²) >= 11 is 0. The van der Waals surface area contributed by atoms with Crippen LogP contribution in [0.25, 0.3) is 0 Å². The Morgan fingerprint density at radius 3 is 2.25 bits per heavy atom. The van der Waals surface area contributed by atoms with Crippen LogP contribution in [0.2, 0.25) is 0 Å². The number of carbonyl (C=O) groups excluding carboxylic acids is 2. The van der Waals surface area contributed by atoms with Crippen molar-refractivity contribution in [2.24, 2.45) is 51.2 Å². The Morgan fingerprint density at radius 2 is 1.53 bits per heavy atom. The van der Waals surface area contributed by atoms with Crippen molar-refractivity contribution in [1.29, 1.82) is 0 Å². The van der Waals surface area contributed by atoms with Crippen molar-refractivity contribution in [2.75, 3.05) is 6.54 Å². The highest BCUT2D eigenvalue weighted by atomic mass is 16.6. The first-order valence-corrected chi connectivity index (χ1v) is 20.7. The van der Waals surface area contributed by atoms with Crippen molar-refractivity contribution in [1.82, 2.24) is 4.90 Å². The third-order valence-corrected chi connectivity index (χ3v) is 16.1. The van der Waals surface area contributed by atoms with Gasteiger partial charge < -0.3 is 19.8 Å². The molecule has 53 heavy (non-hydrogen) atoms. The van der Waals surface area contributed by atoms with Gasteiger partial charge in [0.25, 0.3) is 0 Å². The highest BCUT2D eigenvalue weighted by molar-refractivity contribution is 6.10. The zero-order valence-corrected chi connectivity index (χ0v) is 32.6. The quantitative estimate of drug-likeness (QED) is 0.210. The summed E-state index contributed by atoms with van der Waals surface area (Å²) < 4.78 is 6.50. The maximum Gasteiger partial charge on any atom is 0.410 e. The lowest BCUT2D eigenvalue weighted by molar-refractivity contribution is -0.175. The van der Waals surface area contributed by atoms with Gasteiger partial charge in [-0.25, -0.2) is 4.79 Å². The van der Waals surface area contributed by atoms with Gasteiger partial charge in [0, 0.05) is 33.9 Å². The van der Waals surface area contributed by atoms with Gasteiger partial charge in [0.1, 0.15) is 6.10 Å². The van der Waals surface area contributed by atoms with Crippen molar-refractivity contribution in [3.63, 3.8) is 0 Å². The number of fused-ring (bicyclic) bond motifs is 1. The molecule has 7 aliphatic carbocycles. The van der Waals surface area contributed by atoms with Crippen LogP contribution < -0.4 is 0 Å². The van der Waals surface area contributed by atoms with Crippen LogP contribution in [0, 0.1) is 51.2 Å². The van der Waals surface area contributed by atoms with Crippen LogP contribution in [-0.4, -0.2) is 51.3 Å². The number of hydrogen-bond acceptors (Lipinski definition) is 5. The predicted molar refractivity (Wildman–Crippen MR) is 208 cm³/mol. The molecule has 2 aromatic rings. The molecule has 2 N–H and O–H groups in total. The lowest BCUT2D eigenvalue weighted by Crippen LogP contribution is -2.67. The minimum absolute atomic E-state index is 0.00926. The van der Waals surface area contributed by atoms with Gasteiger partial charge in [0.2, 0.25) is 0 Å². The summed E-state index contributed by atoms with van der Waals surface area (Å²) in [6.45, 7) is 11.9. The highest BCUT2D eigenvalue weighted by Gasteiger charge is 2.74. The smallest absolute Gasteiger partial charge is 0.410 e. The van der Waals surface area contributed by atoms with Gasteiger partial charge in [0.05, 0.1) is 18.2 Å². The van der Waals surface area contributed by atoms with Crippen LogP contribution in [0.5, 0.6) is 0 Å². The fourth-order valence-corrected chi connectivity index (χ4v) is 13.1. The van der Waals surface area contributed by atoms with E-state index in [0.717, 1.165) is 62.5 Å². The SMILES string of the molecule is CC1CCC(C(C)C)C(OC(=O)N(Cc2ccccc2)CC2(O)CCC3C45C=CC6(C=C4C(=O)c4ccccc4)CC(O)CCC6(C)C5CCC32C)C1. The van der Waals surface area contributed by atoms with E-state index in [1.54, 1.807) is 4.90 Å². The summed E-state index contributed by atoms with van der Waals surface area (Å²) in [7, 11) is 0. The fraction of sp³-hybridized carbons (Fsp3) is 0.617. The molecule has 4 fully saturated rings. The third-order valence-electron chi connectivity index (χ3n) is 16.1. The lowest BCUT2D eigenvalue weighted by atomic mass is 9.32. The molecule has 0 aromatic heterocycles. The maximum atomic E-state index is 14.8. The van der Waals surface area contributed by atoms with Gasteiger partial charge in [-0.15, -0.1) is 0 Å². The van der Waals surface area contributed by atoms with E-state index in [0.29, 0.717) is 42.7 Å². The van der Waals surface area contributed by atoms with Crippen LogP contribution in [0.3, 0.4) is 0 Å². The van der Waals surface area contributed by atoms with Crippen LogP contribution in [-0.2, 0) is 11.3 Å². The molecule has 2 aromatic carbocycles. The van der Waals surface area contributed by atoms with Crippen molar-refractivity contribution in [2.45, 2.75) is 123 Å². The number of ether oxygens (including phenoxy) is 1. The number of allylic oxidation sites excluding steroid dienone is 4. The molecule has 0 heterocycles. The number of rotatable bonds is 8. The van der Waals surface area contributed by atoms with E-state index in [2.05, 4.69) is 52.8 Å². The molecular formula is C47H61NO5. The van der Waals surface area contributed by atoms with Crippen molar-refractivity contribution >= 4 is 11.9 Å². The first kappa shape index (κ1) is 36.7. The molecule has 6 nitrogen and oxygen atoms in total. The topological polar surface area (TPSA) is 87.1 Å². The van der Waals surface area contributed by atoms with Gasteiger partial charge in [0.15, 0.2) is 5.78 Å². The summed E-state index contributed by atoms with van der Waals surface area (Å²) in [5.74, 6) is 1.54. The minimum atomic E-state index is -1.17. The highest BCUT2D eigenvalue weighted by Crippen LogP contribution is 2.78. The monoisotopic (exact) mass is 719 g/mol. The summed E-state index contributed by atoms with van der Waals surface area (Å²) in [6.07, 6.45) is 14.6. The Hall–Kier alpha value is -3.22. The van der Waals surface area contributed by atoms with Gasteiger partial charge in [-0.3, -0.25) is 4.79 Å². The van der Waals surface area contributed by atoms with Crippen molar-refractivity contribution < 1.29 is 24.5 Å². The number of nitrogens with zero attached hydrogens (tertiary/aromatic N) is 1. The van der Waals surface area contributed by atoms with Crippen molar-refractivity contribution in [3.8, 4) is 0 Å². The molecule has 6 heteroatoms. The third kappa shape index (κ3) is 5.62. The Balaban J connectivity index is 1.16. The van der Waals surface area contributed by atoms with E-state index in [4.69, 9.17) is 4.74 Å². The number of aliphatic hydroxyl groups excluding tert-OH is 1. The standard InChI is InChI=1S/C47H61NO5/c1-31(2)36-17-16-32(3)26-38(36)53-42(51)48(29-33-12-8-6-9-13-33)30-46(52)23-20-40-44(46,5)22-19-39-43(4)21-18-35(49)27-45(43)24-25-47(39,40)37(28-45)41(50)34-14-10-7-11-15-34/h6-15,24-25,28,31-32,35-36,38-40,49,52H,16-23,26-27,29-30H2,1-5H3. The normalized spacial score (nSPS) is 41.2. The number of benzene rings is 2. The van der Waals surface area contributed by atoms with E-state index < -0.39 is 22.5 Å². The molecular weight excluding hydrogens is 659 g/mol. The summed E-state index contributed by atoms with van der Waals surface area (Å²) in [5.41, 5.74) is -0.190. The molecule has 9 rings (SSSR count). The average Bonchev–Trinajstić information content (AvgIpc) is 3.41. The summed E-state index contributed by atoms with van der Waals surface area (Å²) in [4.78, 5) is 31.1. The second kappa shape index (κ2) is 13.2. The second-order valence-corrected chi connectivity index (χ2v) is 19.1. The molecule has 2 bridgehead atoms. The Kier molecular flexibility index (Phi) is 9.16. The molecule has 11 unspecified atom stereocenters. The molecule has 4 saturated carbocycles. The minimum Gasteiger partial charge on any atom is -0.446 e. The molecule has 284 valence electrons. The first-order chi connectivity index (χ1) is 25.3. The number of ketones is 1. The average molecular weight is 720 g/mol. The van der Waals surface area contributed by atoms with Crippen LogP contribution >= 0.6 is 0 Å². The fourth-order valence-electron chi connectivity index (χ4n) is 13.1. The van der Waals surface area contributed by atoms with Gasteiger partial charge in [-0.05, 0) is 98.4 Å². The van der Waals surface area contributed by atoms with Crippen LogP contribution in [0.15, 0.2) is 84.5 Å². The first-order valence-electron chi connectivity index (χ1n) is 20.7. The molecule has 1 amide bonds. The van der Waals surface area contributed by atoms with Gasteiger partial charge >= 0.3 is 6.09 Å². The largest absolute Gasteiger partial charge is 0.446 e. The molecule has 7 aliphatic rings. The van der Waals surface area contributed by atoms with E-state index in [9.17, 15) is 19.8 Å². The van der Waals surface area contributed by atoms with Crippen LogP contribution in [0.1, 0.15) is 115 Å². The summed E-state index contributed by atoms with van der Waals surface area (Å²) in [5, 5.41) is 24.2. The maximum absolute atomic E-state index is 14.8. The molecule has 0 saturated heterocycles. The van der Waals surface area contributed by atoms with Crippen LogP contribution in [0.4, 0.5) is 4.79 Å². The summed E-state index contributed by atoms with van der Waals surface area (Å²) in [6, 6.07) is 19.7. The molecule has 0 aliphatic heterocycles. The Morgan fingerprint density at radius 1 is 0.868 bits per heavy atom. The van der Waals surface area contributed by atoms with Gasteiger partial charge in [-0.2, -0.15) is 0 Å².